The highest BCUT2D eigenvalue weighted by Gasteiger charge is 2.54. The SMILES string of the molecule is O=C(CN1C(=O)N[C@@]2(CCCc3sccc32)C1=O)c1ccc(Cl)cc1. The van der Waals surface area contributed by atoms with E-state index in [1.165, 1.54) is 0 Å². The van der Waals surface area contributed by atoms with Crippen molar-refractivity contribution in [3.63, 3.8) is 0 Å². The molecule has 4 rings (SSSR count). The normalized spacial score (nSPS) is 22.2. The Bertz CT molecular complexity index is 877. The number of halogens is 1. The molecule has 1 spiro atoms. The summed E-state index contributed by atoms with van der Waals surface area (Å²) in [5, 5.41) is 5.32. The molecule has 1 fully saturated rings. The number of carbonyl (C=O) groups is 3. The summed E-state index contributed by atoms with van der Waals surface area (Å²) in [6, 6.07) is 7.81. The van der Waals surface area contributed by atoms with Crippen LogP contribution in [0.1, 0.15) is 33.6 Å². The van der Waals surface area contributed by atoms with Crippen LogP contribution >= 0.6 is 22.9 Å². The molecule has 1 N–H and O–H groups in total. The van der Waals surface area contributed by atoms with Crippen LogP contribution in [-0.4, -0.2) is 29.2 Å². The molecular weight excluding hydrogens is 360 g/mol. The van der Waals surface area contributed by atoms with Crippen LogP contribution in [-0.2, 0) is 16.8 Å². The summed E-state index contributed by atoms with van der Waals surface area (Å²) in [6.07, 6.45) is 2.31. The fourth-order valence-corrected chi connectivity index (χ4v) is 4.68. The van der Waals surface area contributed by atoms with Gasteiger partial charge in [0.25, 0.3) is 5.91 Å². The van der Waals surface area contributed by atoms with Gasteiger partial charge in [-0.2, -0.15) is 0 Å². The molecular formula is C18H15ClN2O3S. The lowest BCUT2D eigenvalue weighted by atomic mass is 9.80. The van der Waals surface area contributed by atoms with Gasteiger partial charge in [-0.3, -0.25) is 14.5 Å². The maximum absolute atomic E-state index is 13.0. The fraction of sp³-hybridized carbons (Fsp3) is 0.278. The summed E-state index contributed by atoms with van der Waals surface area (Å²) in [7, 11) is 0. The third kappa shape index (κ3) is 2.56. The Hall–Kier alpha value is -2.18. The minimum Gasteiger partial charge on any atom is -0.319 e. The zero-order chi connectivity index (χ0) is 17.6. The van der Waals surface area contributed by atoms with Crippen molar-refractivity contribution in [2.24, 2.45) is 0 Å². The summed E-state index contributed by atoms with van der Waals surface area (Å²) < 4.78 is 0. The van der Waals surface area contributed by atoms with Gasteiger partial charge < -0.3 is 5.32 Å². The first-order valence-electron chi connectivity index (χ1n) is 8.01. The van der Waals surface area contributed by atoms with E-state index in [1.54, 1.807) is 35.6 Å². The number of amides is 3. The maximum Gasteiger partial charge on any atom is 0.325 e. The summed E-state index contributed by atoms with van der Waals surface area (Å²) in [5.74, 6) is -0.627. The molecule has 1 atom stereocenters. The van der Waals surface area contributed by atoms with Gasteiger partial charge >= 0.3 is 6.03 Å². The molecule has 0 radical (unpaired) electrons. The molecule has 1 saturated heterocycles. The molecule has 2 aliphatic rings. The lowest BCUT2D eigenvalue weighted by Crippen LogP contribution is -2.46. The summed E-state index contributed by atoms with van der Waals surface area (Å²) in [4.78, 5) is 40.1. The number of nitrogens with zero attached hydrogens (tertiary/aromatic N) is 1. The Morgan fingerprint density at radius 2 is 2.00 bits per heavy atom. The minimum atomic E-state index is -1.01. The van der Waals surface area contributed by atoms with E-state index in [0.717, 1.165) is 28.2 Å². The molecule has 25 heavy (non-hydrogen) atoms. The van der Waals surface area contributed by atoms with Crippen molar-refractivity contribution in [3.8, 4) is 0 Å². The number of imide groups is 1. The molecule has 1 aromatic heterocycles. The van der Waals surface area contributed by atoms with E-state index in [-0.39, 0.29) is 18.2 Å². The Morgan fingerprint density at radius 3 is 2.76 bits per heavy atom. The number of fused-ring (bicyclic) bond motifs is 2. The third-order valence-electron chi connectivity index (χ3n) is 4.80. The molecule has 2 heterocycles. The van der Waals surface area contributed by atoms with Crippen molar-refractivity contribution >= 4 is 40.7 Å². The number of Topliss-reactive ketones (excluding diaryl/α,β-unsaturated/α-hetero) is 1. The average Bonchev–Trinajstić information content (AvgIpc) is 3.16. The van der Waals surface area contributed by atoms with Crippen molar-refractivity contribution in [2.75, 3.05) is 6.54 Å². The Morgan fingerprint density at radius 1 is 1.24 bits per heavy atom. The van der Waals surface area contributed by atoms with Gasteiger partial charge in [0.1, 0.15) is 5.54 Å². The van der Waals surface area contributed by atoms with Gasteiger partial charge in [0.2, 0.25) is 0 Å². The second-order valence-corrected chi connectivity index (χ2v) is 7.70. The van der Waals surface area contributed by atoms with E-state index in [2.05, 4.69) is 5.32 Å². The number of ketones is 1. The smallest absolute Gasteiger partial charge is 0.319 e. The second-order valence-electron chi connectivity index (χ2n) is 6.27. The first-order valence-corrected chi connectivity index (χ1v) is 9.27. The molecule has 128 valence electrons. The van der Waals surface area contributed by atoms with E-state index in [9.17, 15) is 14.4 Å². The molecule has 0 bridgehead atoms. The van der Waals surface area contributed by atoms with Crippen LogP contribution in [0.2, 0.25) is 5.02 Å². The van der Waals surface area contributed by atoms with E-state index < -0.39 is 11.6 Å². The van der Waals surface area contributed by atoms with Gasteiger partial charge in [0, 0.05) is 21.0 Å². The molecule has 2 aromatic rings. The highest BCUT2D eigenvalue weighted by atomic mass is 35.5. The number of benzene rings is 1. The summed E-state index contributed by atoms with van der Waals surface area (Å²) >= 11 is 7.43. The zero-order valence-corrected chi connectivity index (χ0v) is 14.8. The van der Waals surface area contributed by atoms with Crippen molar-refractivity contribution in [1.29, 1.82) is 0 Å². The van der Waals surface area contributed by atoms with Crippen LogP contribution < -0.4 is 5.32 Å². The van der Waals surface area contributed by atoms with Crippen LogP contribution in [0.15, 0.2) is 35.7 Å². The topological polar surface area (TPSA) is 66.5 Å². The molecule has 0 unspecified atom stereocenters. The Balaban J connectivity index is 1.61. The predicted octanol–water partition coefficient (Wildman–Crippen LogP) is 3.37. The highest BCUT2D eigenvalue weighted by molar-refractivity contribution is 7.10. The van der Waals surface area contributed by atoms with Gasteiger partial charge in [-0.25, -0.2) is 4.79 Å². The van der Waals surface area contributed by atoms with Gasteiger partial charge in [-0.15, -0.1) is 11.3 Å². The number of hydrogen-bond donors (Lipinski definition) is 1. The fourth-order valence-electron chi connectivity index (χ4n) is 3.56. The van der Waals surface area contributed by atoms with Gasteiger partial charge in [0.15, 0.2) is 5.78 Å². The maximum atomic E-state index is 13.0. The quantitative estimate of drug-likeness (QED) is 0.661. The molecule has 0 saturated carbocycles. The van der Waals surface area contributed by atoms with Crippen LogP contribution in [0.25, 0.3) is 0 Å². The second kappa shape index (κ2) is 5.97. The van der Waals surface area contributed by atoms with E-state index >= 15 is 0 Å². The third-order valence-corrected chi connectivity index (χ3v) is 6.04. The number of urea groups is 1. The first-order chi connectivity index (χ1) is 12.0. The van der Waals surface area contributed by atoms with Gasteiger partial charge in [0.05, 0.1) is 6.54 Å². The van der Waals surface area contributed by atoms with E-state index in [1.807, 2.05) is 11.4 Å². The first kappa shape index (κ1) is 16.3. The lowest BCUT2D eigenvalue weighted by molar-refractivity contribution is -0.131. The van der Waals surface area contributed by atoms with Crippen molar-refractivity contribution in [3.05, 3.63) is 56.7 Å². The monoisotopic (exact) mass is 374 g/mol. The average molecular weight is 375 g/mol. The molecule has 7 heteroatoms. The minimum absolute atomic E-state index is 0.270. The molecule has 1 aromatic carbocycles. The standard InChI is InChI=1S/C18H15ClN2O3S/c19-12-5-3-11(4-6-12)14(22)10-21-16(23)18(20-17(21)24)8-1-2-15-13(18)7-9-25-15/h3-7,9H,1-2,8,10H2,(H,20,24)/t18-/m1/s1. The van der Waals surface area contributed by atoms with Crippen LogP contribution in [0, 0.1) is 0 Å². The van der Waals surface area contributed by atoms with Crippen LogP contribution in [0.5, 0.6) is 0 Å². The molecule has 5 nitrogen and oxygen atoms in total. The number of rotatable bonds is 3. The molecule has 1 aliphatic carbocycles. The van der Waals surface area contributed by atoms with Crippen LogP contribution in [0.3, 0.4) is 0 Å². The molecule has 1 aliphatic heterocycles. The molecule has 3 amide bonds. The van der Waals surface area contributed by atoms with Crippen molar-refractivity contribution in [2.45, 2.75) is 24.8 Å². The van der Waals surface area contributed by atoms with Crippen molar-refractivity contribution < 1.29 is 14.4 Å². The van der Waals surface area contributed by atoms with Gasteiger partial charge in [-0.05, 0) is 55.0 Å². The van der Waals surface area contributed by atoms with E-state index in [0.29, 0.717) is 17.0 Å². The number of aryl methyl sites for hydroxylation is 1. The summed E-state index contributed by atoms with van der Waals surface area (Å²) in [6.45, 7) is -0.270. The zero-order valence-electron chi connectivity index (χ0n) is 13.3. The largest absolute Gasteiger partial charge is 0.325 e. The highest BCUT2D eigenvalue weighted by Crippen LogP contribution is 2.42. The van der Waals surface area contributed by atoms with Crippen molar-refractivity contribution in [1.82, 2.24) is 10.2 Å². The Labute approximate surface area is 153 Å². The number of thiophene rings is 1. The number of nitrogens with one attached hydrogen (secondary N) is 1. The lowest BCUT2D eigenvalue weighted by Gasteiger charge is -2.31. The van der Waals surface area contributed by atoms with Gasteiger partial charge in [-0.1, -0.05) is 11.6 Å². The summed E-state index contributed by atoms with van der Waals surface area (Å²) in [5.41, 5.74) is 0.291. The predicted molar refractivity (Wildman–Crippen MR) is 95.0 cm³/mol. The number of hydrogen-bond acceptors (Lipinski definition) is 4. The Kier molecular flexibility index (Phi) is 3.89. The number of carbonyl (C=O) groups excluding carboxylic acids is 3. The van der Waals surface area contributed by atoms with Crippen LogP contribution in [0.4, 0.5) is 4.79 Å². The van der Waals surface area contributed by atoms with E-state index in [4.69, 9.17) is 11.6 Å².